The molecule has 0 saturated carbocycles. The molecule has 0 aliphatic rings. The van der Waals surface area contributed by atoms with Crippen LogP contribution < -0.4 is 5.32 Å². The van der Waals surface area contributed by atoms with Gasteiger partial charge in [0.1, 0.15) is 11.6 Å². The molecule has 0 bridgehead atoms. The highest BCUT2D eigenvalue weighted by Gasteiger charge is 2.10. The summed E-state index contributed by atoms with van der Waals surface area (Å²) in [5.74, 6) is -0.468. The van der Waals surface area contributed by atoms with Gasteiger partial charge in [-0.3, -0.25) is 4.79 Å². The number of carbonyl (C=O) groups is 1. The van der Waals surface area contributed by atoms with E-state index in [-0.39, 0.29) is 5.57 Å². The van der Waals surface area contributed by atoms with Gasteiger partial charge in [0, 0.05) is 15.2 Å². The maximum atomic E-state index is 12.4. The van der Waals surface area contributed by atoms with Crippen LogP contribution in [0.2, 0.25) is 5.02 Å². The number of nitriles is 1. The number of hydrogen-bond donors (Lipinski definition) is 1. The van der Waals surface area contributed by atoms with Gasteiger partial charge in [-0.15, -0.1) is 0 Å². The number of rotatable bonds is 5. The van der Waals surface area contributed by atoms with Crippen LogP contribution in [0.3, 0.4) is 0 Å². The molecule has 1 amide bonds. The predicted molar refractivity (Wildman–Crippen MR) is 122 cm³/mol. The lowest BCUT2D eigenvalue weighted by molar-refractivity contribution is -0.112. The van der Waals surface area contributed by atoms with Crippen LogP contribution in [0.1, 0.15) is 22.3 Å². The van der Waals surface area contributed by atoms with Crippen molar-refractivity contribution in [3.63, 3.8) is 0 Å². The van der Waals surface area contributed by atoms with Crippen molar-refractivity contribution in [2.45, 2.75) is 13.3 Å². The molecule has 0 atom stereocenters. The summed E-state index contributed by atoms with van der Waals surface area (Å²) in [6, 6.07) is 23.1. The second kappa shape index (κ2) is 9.56. The van der Waals surface area contributed by atoms with E-state index in [0.29, 0.717) is 10.7 Å². The Morgan fingerprint density at radius 2 is 1.86 bits per heavy atom. The maximum absolute atomic E-state index is 12.4. The molecule has 0 aliphatic heterocycles. The van der Waals surface area contributed by atoms with E-state index in [1.807, 2.05) is 61.5 Å². The highest BCUT2D eigenvalue weighted by atomic mass is 79.9. The van der Waals surface area contributed by atoms with E-state index in [0.717, 1.165) is 27.6 Å². The monoisotopic (exact) mass is 464 g/mol. The first-order valence-electron chi connectivity index (χ1n) is 8.98. The van der Waals surface area contributed by atoms with Crippen LogP contribution in [-0.4, -0.2) is 5.91 Å². The molecule has 0 saturated heterocycles. The van der Waals surface area contributed by atoms with Crippen LogP contribution in [0.15, 0.2) is 76.8 Å². The summed E-state index contributed by atoms with van der Waals surface area (Å²) in [5.41, 5.74) is 4.63. The van der Waals surface area contributed by atoms with Gasteiger partial charge in [0.05, 0.1) is 0 Å². The average Bonchev–Trinajstić information content (AvgIpc) is 2.71. The molecule has 5 heteroatoms. The van der Waals surface area contributed by atoms with Gasteiger partial charge in [0.25, 0.3) is 5.91 Å². The van der Waals surface area contributed by atoms with Crippen LogP contribution in [0.25, 0.3) is 6.08 Å². The van der Waals surface area contributed by atoms with Crippen molar-refractivity contribution in [1.82, 2.24) is 0 Å². The molecule has 0 heterocycles. The quantitative estimate of drug-likeness (QED) is 0.343. The summed E-state index contributed by atoms with van der Waals surface area (Å²) in [5, 5.41) is 12.7. The van der Waals surface area contributed by atoms with Crippen LogP contribution in [0.4, 0.5) is 5.69 Å². The van der Waals surface area contributed by atoms with Gasteiger partial charge in [-0.05, 0) is 59.9 Å². The SMILES string of the molecule is Cc1ccc(NC(=O)/C(C#N)=C/c2ccc(Cc3ccccc3Br)cc2)cc1Cl. The number of nitrogens with one attached hydrogen (secondary N) is 1. The molecule has 3 rings (SSSR count). The smallest absolute Gasteiger partial charge is 0.266 e. The molecule has 3 nitrogen and oxygen atoms in total. The summed E-state index contributed by atoms with van der Waals surface area (Å²) >= 11 is 9.65. The first-order chi connectivity index (χ1) is 14.0. The van der Waals surface area contributed by atoms with Crippen molar-refractivity contribution in [3.05, 3.63) is 104 Å². The number of amides is 1. The number of benzene rings is 3. The maximum Gasteiger partial charge on any atom is 0.266 e. The van der Waals surface area contributed by atoms with Gasteiger partial charge < -0.3 is 5.32 Å². The van der Waals surface area contributed by atoms with Gasteiger partial charge in [-0.25, -0.2) is 0 Å². The summed E-state index contributed by atoms with van der Waals surface area (Å²) in [4.78, 5) is 12.4. The minimum Gasteiger partial charge on any atom is -0.321 e. The predicted octanol–water partition coefficient (Wildman–Crippen LogP) is 6.55. The molecule has 0 radical (unpaired) electrons. The molecule has 3 aromatic rings. The van der Waals surface area contributed by atoms with E-state index in [2.05, 4.69) is 27.3 Å². The number of hydrogen-bond acceptors (Lipinski definition) is 2. The minimum atomic E-state index is -0.468. The van der Waals surface area contributed by atoms with E-state index >= 15 is 0 Å². The van der Waals surface area contributed by atoms with Gasteiger partial charge in [-0.2, -0.15) is 5.26 Å². The molecule has 0 unspecified atom stereocenters. The number of nitrogens with zero attached hydrogens (tertiary/aromatic N) is 1. The molecule has 1 N–H and O–H groups in total. The largest absolute Gasteiger partial charge is 0.321 e. The van der Waals surface area contributed by atoms with Gasteiger partial charge >= 0.3 is 0 Å². The minimum absolute atomic E-state index is 0.0280. The fourth-order valence-corrected chi connectivity index (χ4v) is 3.38. The Bertz CT molecular complexity index is 1110. The van der Waals surface area contributed by atoms with E-state index < -0.39 is 5.91 Å². The number of anilines is 1. The Morgan fingerprint density at radius 3 is 2.52 bits per heavy atom. The van der Waals surface area contributed by atoms with Gasteiger partial charge in [-0.1, -0.05) is 76.1 Å². The second-order valence-electron chi connectivity index (χ2n) is 6.60. The van der Waals surface area contributed by atoms with Crippen LogP contribution in [0, 0.1) is 18.3 Å². The Balaban J connectivity index is 1.73. The molecule has 144 valence electrons. The molecular formula is C24H18BrClN2O. The van der Waals surface area contributed by atoms with Crippen molar-refractivity contribution in [3.8, 4) is 6.07 Å². The van der Waals surface area contributed by atoms with Crippen molar-refractivity contribution < 1.29 is 4.79 Å². The third-order valence-corrected chi connectivity index (χ3v) is 5.62. The van der Waals surface area contributed by atoms with Gasteiger partial charge in [0.15, 0.2) is 0 Å². The van der Waals surface area contributed by atoms with E-state index in [1.165, 1.54) is 5.56 Å². The standard InChI is InChI=1S/C24H18BrClN2O/c1-16-6-11-21(14-23(16)26)28-24(29)20(15-27)13-18-9-7-17(8-10-18)12-19-4-2-3-5-22(19)25/h2-11,13-14H,12H2,1H3,(H,28,29)/b20-13+. The first kappa shape index (κ1) is 20.9. The topological polar surface area (TPSA) is 52.9 Å². The number of aryl methyl sites for hydroxylation is 1. The van der Waals surface area contributed by atoms with Crippen LogP contribution in [0.5, 0.6) is 0 Å². The van der Waals surface area contributed by atoms with Crippen LogP contribution >= 0.6 is 27.5 Å². The van der Waals surface area contributed by atoms with E-state index in [1.54, 1.807) is 18.2 Å². The van der Waals surface area contributed by atoms with E-state index in [9.17, 15) is 10.1 Å². The summed E-state index contributed by atoms with van der Waals surface area (Å²) < 4.78 is 1.07. The normalized spacial score (nSPS) is 11.0. The Labute approximate surface area is 183 Å². The van der Waals surface area contributed by atoms with Crippen molar-refractivity contribution in [1.29, 1.82) is 5.26 Å². The Morgan fingerprint density at radius 1 is 1.14 bits per heavy atom. The number of halogens is 2. The summed E-state index contributed by atoms with van der Waals surface area (Å²) in [6.45, 7) is 1.88. The van der Waals surface area contributed by atoms with Crippen LogP contribution in [-0.2, 0) is 11.2 Å². The molecule has 0 aliphatic carbocycles. The second-order valence-corrected chi connectivity index (χ2v) is 7.86. The van der Waals surface area contributed by atoms with Crippen molar-refractivity contribution >= 4 is 45.2 Å². The molecule has 3 aromatic carbocycles. The molecule has 29 heavy (non-hydrogen) atoms. The fourth-order valence-electron chi connectivity index (χ4n) is 2.78. The third kappa shape index (κ3) is 5.57. The summed E-state index contributed by atoms with van der Waals surface area (Å²) in [7, 11) is 0. The third-order valence-electron chi connectivity index (χ3n) is 4.44. The Kier molecular flexibility index (Phi) is 6.87. The molecule has 0 aromatic heterocycles. The zero-order chi connectivity index (χ0) is 20.8. The van der Waals surface area contributed by atoms with Gasteiger partial charge in [0.2, 0.25) is 0 Å². The van der Waals surface area contributed by atoms with E-state index in [4.69, 9.17) is 11.6 Å². The lowest BCUT2D eigenvalue weighted by Gasteiger charge is -2.07. The molecule has 0 fully saturated rings. The fraction of sp³-hybridized carbons (Fsp3) is 0.0833. The average molecular weight is 466 g/mol. The lowest BCUT2D eigenvalue weighted by Crippen LogP contribution is -2.13. The molecular weight excluding hydrogens is 448 g/mol. The van der Waals surface area contributed by atoms with Crippen molar-refractivity contribution in [2.75, 3.05) is 5.32 Å². The molecule has 0 spiro atoms. The van der Waals surface area contributed by atoms with Crippen molar-refractivity contribution in [2.24, 2.45) is 0 Å². The first-order valence-corrected chi connectivity index (χ1v) is 10.1. The lowest BCUT2D eigenvalue weighted by atomic mass is 10.0. The zero-order valence-corrected chi connectivity index (χ0v) is 18.1. The zero-order valence-electron chi connectivity index (χ0n) is 15.7. The number of carbonyl (C=O) groups excluding carboxylic acids is 1. The summed E-state index contributed by atoms with van der Waals surface area (Å²) in [6.07, 6.45) is 2.37. The Hall–Kier alpha value is -2.87. The highest BCUT2D eigenvalue weighted by Crippen LogP contribution is 2.22. The highest BCUT2D eigenvalue weighted by molar-refractivity contribution is 9.10.